The smallest absolute Gasteiger partial charge is 0.293 e. The Balaban J connectivity index is 2.00. The third-order valence-corrected chi connectivity index (χ3v) is 5.90. The van der Waals surface area contributed by atoms with Gasteiger partial charge in [-0.2, -0.15) is 4.39 Å². The summed E-state index contributed by atoms with van der Waals surface area (Å²) in [6.45, 7) is 5.65. The van der Waals surface area contributed by atoms with Crippen LogP contribution in [-0.2, 0) is 0 Å². The van der Waals surface area contributed by atoms with E-state index in [2.05, 4.69) is 4.98 Å². The molecular formula is C23H19FN6O3. The predicted molar refractivity (Wildman–Crippen MR) is 122 cm³/mol. The molecule has 0 radical (unpaired) electrons. The molecular weight excluding hydrogens is 427 g/mol. The third kappa shape index (κ3) is 3.05. The first-order valence-electron chi connectivity index (χ1n) is 10.5. The number of halogens is 1. The second-order valence-corrected chi connectivity index (χ2v) is 7.90. The lowest BCUT2D eigenvalue weighted by molar-refractivity contribution is -0.387. The molecule has 3 heterocycles. The Morgan fingerprint density at radius 2 is 1.79 bits per heavy atom. The van der Waals surface area contributed by atoms with Crippen LogP contribution in [0, 0.1) is 22.9 Å². The van der Waals surface area contributed by atoms with E-state index >= 15 is 0 Å². The van der Waals surface area contributed by atoms with E-state index < -0.39 is 16.4 Å². The number of benzene rings is 2. The number of aryl methyl sites for hydroxylation is 1. The van der Waals surface area contributed by atoms with E-state index in [1.807, 2.05) is 26.0 Å². The first-order chi connectivity index (χ1) is 15.8. The van der Waals surface area contributed by atoms with Gasteiger partial charge in [0.15, 0.2) is 11.3 Å². The van der Waals surface area contributed by atoms with Gasteiger partial charge < -0.3 is 0 Å². The van der Waals surface area contributed by atoms with E-state index in [1.54, 1.807) is 23.6 Å². The minimum absolute atomic E-state index is 0.0897. The normalized spacial score (nSPS) is 12.6. The van der Waals surface area contributed by atoms with Crippen molar-refractivity contribution in [1.29, 1.82) is 0 Å². The quantitative estimate of drug-likeness (QED) is 0.295. The molecule has 1 atom stereocenters. The van der Waals surface area contributed by atoms with Gasteiger partial charge in [-0.15, -0.1) is 0 Å². The number of nitro benzene ring substituents is 1. The van der Waals surface area contributed by atoms with E-state index in [-0.39, 0.29) is 28.3 Å². The van der Waals surface area contributed by atoms with Crippen LogP contribution >= 0.6 is 0 Å². The number of hydrogen-bond acceptors (Lipinski definition) is 6. The topological polar surface area (TPSA) is 109 Å². The maximum atomic E-state index is 14.1. The minimum atomic E-state index is -0.954. The predicted octanol–water partition coefficient (Wildman–Crippen LogP) is 4.61. The van der Waals surface area contributed by atoms with Crippen molar-refractivity contribution in [2.24, 2.45) is 0 Å². The number of nitrogens with zero attached hydrogens (tertiary/aromatic N) is 6. The molecule has 33 heavy (non-hydrogen) atoms. The van der Waals surface area contributed by atoms with Gasteiger partial charge in [-0.3, -0.25) is 24.0 Å². The lowest BCUT2D eigenvalue weighted by Crippen LogP contribution is -2.26. The summed E-state index contributed by atoms with van der Waals surface area (Å²) in [5.41, 5.74) is 1.43. The monoisotopic (exact) mass is 446 g/mol. The van der Waals surface area contributed by atoms with Crippen LogP contribution in [0.5, 0.6) is 0 Å². The van der Waals surface area contributed by atoms with E-state index in [1.165, 1.54) is 10.6 Å². The lowest BCUT2D eigenvalue weighted by atomic mass is 10.2. The molecule has 0 fully saturated rings. The first-order valence-corrected chi connectivity index (χ1v) is 10.5. The maximum Gasteiger partial charge on any atom is 0.306 e. The fraction of sp³-hybridized carbons (Fsp3) is 0.217. The maximum absolute atomic E-state index is 14.1. The van der Waals surface area contributed by atoms with Gasteiger partial charge in [0.2, 0.25) is 5.82 Å². The van der Waals surface area contributed by atoms with Gasteiger partial charge in [-0.25, -0.2) is 15.0 Å². The molecule has 5 aromatic rings. The van der Waals surface area contributed by atoms with Gasteiger partial charge in [0.05, 0.1) is 21.6 Å². The largest absolute Gasteiger partial charge is 0.306 e. The highest BCUT2D eigenvalue weighted by molar-refractivity contribution is 6.05. The third-order valence-electron chi connectivity index (χ3n) is 5.90. The summed E-state index contributed by atoms with van der Waals surface area (Å²) in [4.78, 5) is 38.3. The zero-order chi connectivity index (χ0) is 23.4. The molecule has 0 aliphatic rings. The van der Waals surface area contributed by atoms with Gasteiger partial charge in [0.25, 0.3) is 5.56 Å². The molecule has 10 heteroatoms. The van der Waals surface area contributed by atoms with Crippen LogP contribution in [0.4, 0.5) is 10.1 Å². The van der Waals surface area contributed by atoms with Gasteiger partial charge in [-0.1, -0.05) is 19.1 Å². The van der Waals surface area contributed by atoms with Crippen molar-refractivity contribution in [1.82, 2.24) is 24.1 Å². The van der Waals surface area contributed by atoms with Gasteiger partial charge in [-0.05, 0) is 44.5 Å². The van der Waals surface area contributed by atoms with Gasteiger partial charge >= 0.3 is 5.69 Å². The highest BCUT2D eigenvalue weighted by Gasteiger charge is 2.25. The van der Waals surface area contributed by atoms with Crippen molar-refractivity contribution in [3.63, 3.8) is 0 Å². The average Bonchev–Trinajstić information content (AvgIpc) is 3.10. The lowest BCUT2D eigenvalue weighted by Gasteiger charge is -2.16. The van der Waals surface area contributed by atoms with E-state index in [0.717, 1.165) is 18.6 Å². The molecule has 0 saturated carbocycles. The first kappa shape index (κ1) is 20.7. The van der Waals surface area contributed by atoms with Gasteiger partial charge in [0, 0.05) is 12.1 Å². The molecule has 0 aliphatic heterocycles. The van der Waals surface area contributed by atoms with Crippen molar-refractivity contribution < 1.29 is 9.31 Å². The highest BCUT2D eigenvalue weighted by atomic mass is 19.1. The van der Waals surface area contributed by atoms with Crippen LogP contribution in [0.15, 0.2) is 47.3 Å². The number of fused-ring (bicyclic) bond motifs is 4. The fourth-order valence-corrected chi connectivity index (χ4v) is 4.14. The van der Waals surface area contributed by atoms with E-state index in [9.17, 15) is 19.3 Å². The Kier molecular flexibility index (Phi) is 4.66. The van der Waals surface area contributed by atoms with Crippen LogP contribution in [0.2, 0.25) is 0 Å². The SMILES string of the molecule is CC[C@@H](C)n1c(C)nc2c(c1=O)c1nc3ccccc3nc1n2-c1ccc(F)c([N+](=O)[O-])c1. The molecule has 0 N–H and O–H groups in total. The molecule has 2 aromatic carbocycles. The van der Waals surface area contributed by atoms with Crippen molar-refractivity contribution in [2.45, 2.75) is 33.2 Å². The fourth-order valence-electron chi connectivity index (χ4n) is 4.14. The highest BCUT2D eigenvalue weighted by Crippen LogP contribution is 2.31. The summed E-state index contributed by atoms with van der Waals surface area (Å²) in [6.07, 6.45) is 0.728. The number of para-hydroxylation sites is 2. The molecule has 3 aromatic heterocycles. The summed E-state index contributed by atoms with van der Waals surface area (Å²) in [7, 11) is 0. The van der Waals surface area contributed by atoms with Crippen LogP contribution in [0.25, 0.3) is 38.9 Å². The summed E-state index contributed by atoms with van der Waals surface area (Å²) in [6, 6.07) is 10.7. The van der Waals surface area contributed by atoms with Crippen molar-refractivity contribution in [2.75, 3.05) is 0 Å². The minimum Gasteiger partial charge on any atom is -0.293 e. The zero-order valence-electron chi connectivity index (χ0n) is 18.1. The Morgan fingerprint density at radius 3 is 2.45 bits per heavy atom. The van der Waals surface area contributed by atoms with Crippen LogP contribution in [0.3, 0.4) is 0 Å². The van der Waals surface area contributed by atoms with Crippen LogP contribution < -0.4 is 5.56 Å². The van der Waals surface area contributed by atoms with Crippen LogP contribution in [-0.4, -0.2) is 29.0 Å². The molecule has 5 rings (SSSR count). The number of aromatic nitrogens is 5. The van der Waals surface area contributed by atoms with Crippen molar-refractivity contribution >= 4 is 38.9 Å². The molecule has 9 nitrogen and oxygen atoms in total. The van der Waals surface area contributed by atoms with E-state index in [4.69, 9.17) is 9.97 Å². The summed E-state index contributed by atoms with van der Waals surface area (Å²) in [5, 5.41) is 11.6. The van der Waals surface area contributed by atoms with Crippen LogP contribution in [0.1, 0.15) is 32.1 Å². The summed E-state index contributed by atoms with van der Waals surface area (Å²) < 4.78 is 17.2. The second kappa shape index (κ2) is 7.44. The number of rotatable bonds is 4. The number of nitro groups is 1. The molecule has 0 amide bonds. The molecule has 0 unspecified atom stereocenters. The Morgan fingerprint density at radius 1 is 1.09 bits per heavy atom. The summed E-state index contributed by atoms with van der Waals surface area (Å²) in [5.74, 6) is -0.462. The molecule has 0 bridgehead atoms. The summed E-state index contributed by atoms with van der Waals surface area (Å²) >= 11 is 0. The van der Waals surface area contributed by atoms with Gasteiger partial charge in [0.1, 0.15) is 16.7 Å². The van der Waals surface area contributed by atoms with E-state index in [0.29, 0.717) is 28.0 Å². The molecule has 0 spiro atoms. The zero-order valence-corrected chi connectivity index (χ0v) is 18.1. The Hall–Kier alpha value is -4.21. The Bertz CT molecular complexity index is 1660. The average molecular weight is 446 g/mol. The molecule has 0 saturated heterocycles. The Labute approximate surface area is 186 Å². The van der Waals surface area contributed by atoms with Crippen molar-refractivity contribution in [3.8, 4) is 5.69 Å². The number of hydrogen-bond donors (Lipinski definition) is 0. The molecule has 166 valence electrons. The standard InChI is InChI=1S/C23H19FN6O3/c1-4-12(2)28-13(3)25-21-19(23(28)31)20-22(27-17-8-6-5-7-16(17)26-20)29(21)14-9-10-15(24)18(11-14)30(32)33/h5-12H,4H2,1-3H3/t12-/m1/s1. The second-order valence-electron chi connectivity index (χ2n) is 7.90. The van der Waals surface area contributed by atoms with Crippen molar-refractivity contribution in [3.05, 3.63) is 74.6 Å². The molecule has 0 aliphatic carbocycles.